The highest BCUT2D eigenvalue weighted by Crippen LogP contribution is 2.17. The molecule has 2 N–H and O–H groups in total. The SMILES string of the molecule is CCOc1ccccc1CNC(=NC)NCCc1ccc(C(=O)OC)cc1.I. The Kier molecular flexibility index (Phi) is 11.0. The van der Waals surface area contributed by atoms with Crippen LogP contribution in [0.5, 0.6) is 5.75 Å². The fraction of sp³-hybridized carbons (Fsp3) is 0.333. The molecule has 28 heavy (non-hydrogen) atoms. The van der Waals surface area contributed by atoms with Gasteiger partial charge in [0.1, 0.15) is 5.75 Å². The van der Waals surface area contributed by atoms with Crippen LogP contribution in [0.4, 0.5) is 0 Å². The van der Waals surface area contributed by atoms with Gasteiger partial charge in [-0.15, -0.1) is 24.0 Å². The quantitative estimate of drug-likeness (QED) is 0.253. The van der Waals surface area contributed by atoms with E-state index < -0.39 is 0 Å². The number of carbonyl (C=O) groups excluding carboxylic acids is 1. The van der Waals surface area contributed by atoms with Gasteiger partial charge in [0, 0.05) is 25.7 Å². The maximum Gasteiger partial charge on any atom is 0.337 e. The van der Waals surface area contributed by atoms with Gasteiger partial charge in [-0.05, 0) is 37.1 Å². The zero-order chi connectivity index (χ0) is 19.5. The third-order valence-corrected chi connectivity index (χ3v) is 4.02. The zero-order valence-corrected chi connectivity index (χ0v) is 18.9. The van der Waals surface area contributed by atoms with Crippen LogP contribution in [0.1, 0.15) is 28.4 Å². The number of ether oxygens (including phenoxy) is 2. The average molecular weight is 497 g/mol. The maximum atomic E-state index is 11.5. The molecular formula is C21H28IN3O3. The van der Waals surface area contributed by atoms with Crippen molar-refractivity contribution in [3.63, 3.8) is 0 Å². The Morgan fingerprint density at radius 2 is 1.79 bits per heavy atom. The van der Waals surface area contributed by atoms with E-state index in [2.05, 4.69) is 15.6 Å². The van der Waals surface area contributed by atoms with Gasteiger partial charge in [0.05, 0.1) is 19.3 Å². The molecule has 0 fully saturated rings. The van der Waals surface area contributed by atoms with Gasteiger partial charge >= 0.3 is 5.97 Å². The van der Waals surface area contributed by atoms with Crippen LogP contribution in [-0.2, 0) is 17.7 Å². The van der Waals surface area contributed by atoms with Crippen molar-refractivity contribution in [1.82, 2.24) is 10.6 Å². The number of guanidine groups is 1. The Hall–Kier alpha value is -2.29. The van der Waals surface area contributed by atoms with Crippen molar-refractivity contribution in [2.24, 2.45) is 4.99 Å². The molecule has 0 atom stereocenters. The fourth-order valence-corrected chi connectivity index (χ4v) is 2.60. The molecule has 0 heterocycles. The number of methoxy groups -OCH3 is 1. The average Bonchev–Trinajstić information content (AvgIpc) is 2.71. The number of hydrogen-bond donors (Lipinski definition) is 2. The summed E-state index contributed by atoms with van der Waals surface area (Å²) in [5.74, 6) is 1.29. The van der Waals surface area contributed by atoms with Crippen molar-refractivity contribution in [1.29, 1.82) is 0 Å². The molecule has 0 spiro atoms. The molecule has 2 aromatic carbocycles. The minimum absolute atomic E-state index is 0. The summed E-state index contributed by atoms with van der Waals surface area (Å²) in [5, 5.41) is 6.59. The lowest BCUT2D eigenvalue weighted by atomic mass is 10.1. The molecule has 152 valence electrons. The van der Waals surface area contributed by atoms with Gasteiger partial charge in [-0.1, -0.05) is 30.3 Å². The lowest BCUT2D eigenvalue weighted by molar-refractivity contribution is 0.0600. The van der Waals surface area contributed by atoms with E-state index in [0.29, 0.717) is 18.7 Å². The number of rotatable bonds is 8. The molecule has 0 aliphatic carbocycles. The summed E-state index contributed by atoms with van der Waals surface area (Å²) < 4.78 is 10.3. The van der Waals surface area contributed by atoms with Crippen molar-refractivity contribution in [3.8, 4) is 5.75 Å². The summed E-state index contributed by atoms with van der Waals surface area (Å²) >= 11 is 0. The molecular weight excluding hydrogens is 469 g/mol. The topological polar surface area (TPSA) is 72.0 Å². The molecule has 7 heteroatoms. The van der Waals surface area contributed by atoms with Gasteiger partial charge in [0.25, 0.3) is 0 Å². The first-order chi connectivity index (χ1) is 13.2. The largest absolute Gasteiger partial charge is 0.494 e. The highest BCUT2D eigenvalue weighted by molar-refractivity contribution is 14.0. The molecule has 0 saturated carbocycles. The molecule has 6 nitrogen and oxygen atoms in total. The van der Waals surface area contributed by atoms with Crippen LogP contribution in [0.2, 0.25) is 0 Å². The van der Waals surface area contributed by atoms with Crippen LogP contribution in [0.15, 0.2) is 53.5 Å². The lowest BCUT2D eigenvalue weighted by Crippen LogP contribution is -2.37. The predicted octanol–water partition coefficient (Wildman–Crippen LogP) is 3.40. The number of carbonyl (C=O) groups is 1. The smallest absolute Gasteiger partial charge is 0.337 e. The van der Waals surface area contributed by atoms with Crippen LogP contribution >= 0.6 is 24.0 Å². The number of halogens is 1. The van der Waals surface area contributed by atoms with Crippen molar-refractivity contribution >= 4 is 35.9 Å². The first-order valence-corrected chi connectivity index (χ1v) is 9.00. The first-order valence-electron chi connectivity index (χ1n) is 9.00. The molecule has 0 aromatic heterocycles. The second kappa shape index (κ2) is 13.0. The minimum Gasteiger partial charge on any atom is -0.494 e. The highest BCUT2D eigenvalue weighted by atomic mass is 127. The number of esters is 1. The summed E-state index contributed by atoms with van der Waals surface area (Å²) in [5.41, 5.74) is 2.77. The van der Waals surface area contributed by atoms with E-state index in [4.69, 9.17) is 9.47 Å². The van der Waals surface area contributed by atoms with Gasteiger partial charge in [-0.2, -0.15) is 0 Å². The number of benzene rings is 2. The second-order valence-corrected chi connectivity index (χ2v) is 5.83. The normalized spacial score (nSPS) is 10.6. The summed E-state index contributed by atoms with van der Waals surface area (Å²) in [6.07, 6.45) is 0.817. The number of para-hydroxylation sites is 1. The van der Waals surface area contributed by atoms with Gasteiger partial charge in [0.2, 0.25) is 0 Å². The number of hydrogen-bond acceptors (Lipinski definition) is 4. The van der Waals surface area contributed by atoms with E-state index in [9.17, 15) is 4.79 Å². The van der Waals surface area contributed by atoms with Crippen LogP contribution in [0.3, 0.4) is 0 Å². The van der Waals surface area contributed by atoms with E-state index in [1.165, 1.54) is 7.11 Å². The Morgan fingerprint density at radius 3 is 2.43 bits per heavy atom. The Labute approximate surface area is 183 Å². The third kappa shape index (κ3) is 7.38. The summed E-state index contributed by atoms with van der Waals surface area (Å²) in [6, 6.07) is 15.4. The standard InChI is InChI=1S/C21H27N3O3.HI/c1-4-27-19-8-6-5-7-18(19)15-24-21(22-2)23-14-13-16-9-11-17(12-10-16)20(25)26-3;/h5-12H,4,13-15H2,1-3H3,(H2,22,23,24);1H. The third-order valence-electron chi connectivity index (χ3n) is 4.02. The van der Waals surface area contributed by atoms with Crippen LogP contribution < -0.4 is 15.4 Å². The van der Waals surface area contributed by atoms with E-state index in [1.54, 1.807) is 19.2 Å². The Bertz CT molecular complexity index is 764. The lowest BCUT2D eigenvalue weighted by Gasteiger charge is -2.14. The Balaban J connectivity index is 0.00000392. The van der Waals surface area contributed by atoms with E-state index in [0.717, 1.165) is 35.8 Å². The van der Waals surface area contributed by atoms with Gasteiger partial charge in [-0.25, -0.2) is 4.79 Å². The minimum atomic E-state index is -0.323. The number of nitrogens with zero attached hydrogens (tertiary/aromatic N) is 1. The summed E-state index contributed by atoms with van der Waals surface area (Å²) in [6.45, 7) is 3.97. The molecule has 0 amide bonds. The van der Waals surface area contributed by atoms with Gasteiger partial charge < -0.3 is 20.1 Å². The molecule has 0 aliphatic rings. The first kappa shape index (κ1) is 23.7. The summed E-state index contributed by atoms with van der Waals surface area (Å²) in [7, 11) is 3.13. The zero-order valence-electron chi connectivity index (χ0n) is 16.5. The molecule has 0 saturated heterocycles. The molecule has 0 radical (unpaired) electrons. The van der Waals surface area contributed by atoms with Gasteiger partial charge in [-0.3, -0.25) is 4.99 Å². The number of aliphatic imine (C=N–C) groups is 1. The molecule has 2 rings (SSSR count). The van der Waals surface area contributed by atoms with Crippen LogP contribution in [0, 0.1) is 0 Å². The highest BCUT2D eigenvalue weighted by Gasteiger charge is 2.06. The fourth-order valence-electron chi connectivity index (χ4n) is 2.60. The maximum absolute atomic E-state index is 11.5. The molecule has 2 aromatic rings. The van der Waals surface area contributed by atoms with Gasteiger partial charge in [0.15, 0.2) is 5.96 Å². The Morgan fingerprint density at radius 1 is 1.07 bits per heavy atom. The van der Waals surface area contributed by atoms with Crippen molar-refractivity contribution in [2.45, 2.75) is 19.9 Å². The summed E-state index contributed by atoms with van der Waals surface area (Å²) in [4.78, 5) is 15.7. The predicted molar refractivity (Wildman–Crippen MR) is 123 cm³/mol. The molecule has 0 aliphatic heterocycles. The van der Waals surface area contributed by atoms with Crippen molar-refractivity contribution in [3.05, 3.63) is 65.2 Å². The molecule has 0 unspecified atom stereocenters. The molecule has 0 bridgehead atoms. The van der Waals surface area contributed by atoms with Crippen molar-refractivity contribution in [2.75, 3.05) is 27.3 Å². The van der Waals surface area contributed by atoms with Crippen LogP contribution in [0.25, 0.3) is 0 Å². The second-order valence-electron chi connectivity index (χ2n) is 5.83. The van der Waals surface area contributed by atoms with E-state index in [1.807, 2.05) is 43.3 Å². The van der Waals surface area contributed by atoms with E-state index >= 15 is 0 Å². The van der Waals surface area contributed by atoms with E-state index in [-0.39, 0.29) is 29.9 Å². The van der Waals surface area contributed by atoms with Crippen LogP contribution in [-0.4, -0.2) is 39.2 Å². The monoisotopic (exact) mass is 497 g/mol. The van der Waals surface area contributed by atoms with Crippen molar-refractivity contribution < 1.29 is 14.3 Å². The number of nitrogens with one attached hydrogen (secondary N) is 2.